The second kappa shape index (κ2) is 3.31. The van der Waals surface area contributed by atoms with Gasteiger partial charge in [0.15, 0.2) is 0 Å². The molecule has 0 aliphatic carbocycles. The predicted molar refractivity (Wildman–Crippen MR) is 50.0 cm³/mol. The van der Waals surface area contributed by atoms with Crippen molar-refractivity contribution in [2.75, 3.05) is 0 Å². The molecule has 4 nitrogen and oxygen atoms in total. The Morgan fingerprint density at radius 2 is 1.93 bits per heavy atom. The van der Waals surface area contributed by atoms with Gasteiger partial charge in [-0.15, -0.1) is 0 Å². The lowest BCUT2D eigenvalue weighted by Gasteiger charge is -2.34. The van der Waals surface area contributed by atoms with Crippen molar-refractivity contribution in [1.29, 1.82) is 0 Å². The molecule has 1 aromatic rings. The fraction of sp³-hybridized carbons (Fsp3) is 0.300. The van der Waals surface area contributed by atoms with Crippen molar-refractivity contribution in [1.82, 2.24) is 5.32 Å². The molecule has 0 aromatic heterocycles. The average molecular weight is 193 g/mol. The Labute approximate surface area is 81.2 Å². The van der Waals surface area contributed by atoms with Crippen LogP contribution in [0.3, 0.4) is 0 Å². The Hall–Kier alpha value is -1.55. The number of carboxylic acid groups (broad SMARTS) is 1. The summed E-state index contributed by atoms with van der Waals surface area (Å²) in [6, 6.07) is 6.48. The first kappa shape index (κ1) is 9.02. The maximum absolute atomic E-state index is 10.5. The van der Waals surface area contributed by atoms with Crippen LogP contribution in [0, 0.1) is 0 Å². The Morgan fingerprint density at radius 1 is 1.36 bits per heavy atom. The number of nitrogens with one attached hydrogen (secondary N) is 1. The molecular formula is C10H11NO3. The van der Waals surface area contributed by atoms with Gasteiger partial charge in [-0.05, 0) is 24.1 Å². The van der Waals surface area contributed by atoms with Crippen LogP contribution >= 0.6 is 0 Å². The number of phenolic OH excluding ortho intramolecular Hbond substituents is 1. The van der Waals surface area contributed by atoms with Gasteiger partial charge in [0.05, 0.1) is 0 Å². The second-order valence-electron chi connectivity index (χ2n) is 3.44. The lowest BCUT2D eigenvalue weighted by Crippen LogP contribution is -2.50. The fourth-order valence-corrected chi connectivity index (χ4v) is 1.57. The van der Waals surface area contributed by atoms with Crippen LogP contribution in [0.2, 0.25) is 0 Å². The summed E-state index contributed by atoms with van der Waals surface area (Å²) < 4.78 is 0. The minimum atomic E-state index is -0.806. The van der Waals surface area contributed by atoms with Crippen molar-refractivity contribution in [3.05, 3.63) is 29.8 Å². The Bertz CT molecular complexity index is 341. The average Bonchev–Trinajstić information content (AvgIpc) is 2.05. The van der Waals surface area contributed by atoms with Crippen molar-refractivity contribution in [3.8, 4) is 5.75 Å². The quantitative estimate of drug-likeness (QED) is 0.652. The van der Waals surface area contributed by atoms with Crippen LogP contribution in [0.1, 0.15) is 18.0 Å². The number of carbonyl (C=O) groups is 1. The van der Waals surface area contributed by atoms with Gasteiger partial charge in [0, 0.05) is 6.04 Å². The van der Waals surface area contributed by atoms with Gasteiger partial charge in [-0.25, -0.2) is 0 Å². The summed E-state index contributed by atoms with van der Waals surface area (Å²) in [7, 11) is 0. The molecule has 2 unspecified atom stereocenters. The molecule has 1 fully saturated rings. The molecule has 1 saturated heterocycles. The van der Waals surface area contributed by atoms with Crippen molar-refractivity contribution in [2.24, 2.45) is 0 Å². The van der Waals surface area contributed by atoms with Crippen molar-refractivity contribution < 1.29 is 15.0 Å². The first-order valence-electron chi connectivity index (χ1n) is 4.44. The highest BCUT2D eigenvalue weighted by Gasteiger charge is 2.34. The van der Waals surface area contributed by atoms with Gasteiger partial charge in [0.1, 0.15) is 11.8 Å². The third kappa shape index (κ3) is 1.56. The molecule has 74 valence electrons. The minimum Gasteiger partial charge on any atom is -0.508 e. The van der Waals surface area contributed by atoms with E-state index in [1.165, 1.54) is 0 Å². The molecule has 0 amide bonds. The maximum atomic E-state index is 10.5. The minimum absolute atomic E-state index is 0.108. The number of benzene rings is 1. The van der Waals surface area contributed by atoms with E-state index in [9.17, 15) is 4.79 Å². The molecule has 14 heavy (non-hydrogen) atoms. The fourth-order valence-electron chi connectivity index (χ4n) is 1.57. The Morgan fingerprint density at radius 3 is 2.43 bits per heavy atom. The molecule has 1 heterocycles. The number of hydrogen-bond donors (Lipinski definition) is 3. The monoisotopic (exact) mass is 193 g/mol. The lowest BCUT2D eigenvalue weighted by atomic mass is 9.91. The molecule has 2 rings (SSSR count). The molecule has 3 N–H and O–H groups in total. The molecule has 1 aliphatic heterocycles. The van der Waals surface area contributed by atoms with Crippen LogP contribution in [-0.2, 0) is 4.79 Å². The van der Waals surface area contributed by atoms with Crippen LogP contribution in [0.25, 0.3) is 0 Å². The van der Waals surface area contributed by atoms with E-state index in [1.807, 2.05) is 0 Å². The van der Waals surface area contributed by atoms with Crippen LogP contribution in [0.4, 0.5) is 0 Å². The number of aromatic hydroxyl groups is 1. The summed E-state index contributed by atoms with van der Waals surface area (Å²) in [4.78, 5) is 10.5. The molecule has 2 atom stereocenters. The summed E-state index contributed by atoms with van der Waals surface area (Å²) in [5.41, 5.74) is 1.01. The van der Waals surface area contributed by atoms with Crippen LogP contribution in [-0.4, -0.2) is 22.2 Å². The molecule has 4 heteroatoms. The van der Waals surface area contributed by atoms with Gasteiger partial charge >= 0.3 is 5.97 Å². The van der Waals surface area contributed by atoms with Crippen LogP contribution < -0.4 is 5.32 Å². The molecule has 0 bridgehead atoms. The van der Waals surface area contributed by atoms with E-state index < -0.39 is 12.0 Å². The molecule has 0 saturated carbocycles. The van der Waals surface area contributed by atoms with Crippen LogP contribution in [0.5, 0.6) is 5.75 Å². The highest BCUT2D eigenvalue weighted by atomic mass is 16.4. The zero-order valence-corrected chi connectivity index (χ0v) is 7.47. The molecular weight excluding hydrogens is 182 g/mol. The normalized spacial score (nSPS) is 25.4. The van der Waals surface area contributed by atoms with Gasteiger partial charge in [-0.1, -0.05) is 12.1 Å². The highest BCUT2D eigenvalue weighted by Crippen LogP contribution is 2.28. The summed E-state index contributed by atoms with van der Waals surface area (Å²) in [6.07, 6.45) is 0.611. The van der Waals surface area contributed by atoms with Gasteiger partial charge in [-0.3, -0.25) is 10.1 Å². The maximum Gasteiger partial charge on any atom is 0.320 e. The topological polar surface area (TPSA) is 69.6 Å². The first-order valence-corrected chi connectivity index (χ1v) is 4.44. The number of carboxylic acids is 1. The van der Waals surface area contributed by atoms with Crippen molar-refractivity contribution in [2.45, 2.75) is 18.5 Å². The van der Waals surface area contributed by atoms with Crippen molar-refractivity contribution >= 4 is 5.97 Å². The molecule has 1 aliphatic rings. The number of aliphatic carboxylic acids is 1. The van der Waals surface area contributed by atoms with E-state index in [4.69, 9.17) is 10.2 Å². The standard InChI is InChI=1S/C10H11NO3/c12-7-3-1-6(2-4-7)8-5-9(11-8)10(13)14/h1-4,8-9,11-12H,5H2,(H,13,14). The zero-order chi connectivity index (χ0) is 10.1. The smallest absolute Gasteiger partial charge is 0.320 e. The van der Waals surface area contributed by atoms with E-state index in [0.29, 0.717) is 6.42 Å². The molecule has 0 radical (unpaired) electrons. The largest absolute Gasteiger partial charge is 0.508 e. The van der Waals surface area contributed by atoms with E-state index in [1.54, 1.807) is 24.3 Å². The van der Waals surface area contributed by atoms with Gasteiger partial charge < -0.3 is 10.2 Å². The first-order chi connectivity index (χ1) is 6.66. The Balaban J connectivity index is 2.00. The van der Waals surface area contributed by atoms with E-state index >= 15 is 0 Å². The molecule has 0 spiro atoms. The Kier molecular flexibility index (Phi) is 2.13. The van der Waals surface area contributed by atoms with Gasteiger partial charge in [-0.2, -0.15) is 0 Å². The molecule has 1 aromatic carbocycles. The predicted octanol–water partition coefficient (Wildman–Crippen LogP) is 0.880. The van der Waals surface area contributed by atoms with E-state index in [0.717, 1.165) is 5.56 Å². The third-order valence-corrected chi connectivity index (χ3v) is 2.47. The SMILES string of the molecule is O=C(O)C1CC(c2ccc(O)cc2)N1. The van der Waals surface area contributed by atoms with Gasteiger partial charge in [0.2, 0.25) is 0 Å². The second-order valence-corrected chi connectivity index (χ2v) is 3.44. The summed E-state index contributed by atoms with van der Waals surface area (Å²) in [5.74, 6) is -0.581. The summed E-state index contributed by atoms with van der Waals surface area (Å²) in [5, 5.41) is 20.6. The highest BCUT2D eigenvalue weighted by molar-refractivity contribution is 5.75. The zero-order valence-electron chi connectivity index (χ0n) is 7.47. The third-order valence-electron chi connectivity index (χ3n) is 2.47. The van der Waals surface area contributed by atoms with Gasteiger partial charge in [0.25, 0.3) is 0 Å². The van der Waals surface area contributed by atoms with Crippen molar-refractivity contribution in [3.63, 3.8) is 0 Å². The van der Waals surface area contributed by atoms with Crippen LogP contribution in [0.15, 0.2) is 24.3 Å². The van der Waals surface area contributed by atoms with E-state index in [-0.39, 0.29) is 11.8 Å². The summed E-state index contributed by atoms with van der Waals surface area (Å²) in [6.45, 7) is 0. The number of rotatable bonds is 2. The lowest BCUT2D eigenvalue weighted by molar-refractivity contribution is -0.142. The summed E-state index contributed by atoms with van der Waals surface area (Å²) >= 11 is 0. The van der Waals surface area contributed by atoms with E-state index in [2.05, 4.69) is 5.32 Å². The number of phenols is 1. The number of hydrogen-bond acceptors (Lipinski definition) is 3.